The first-order valence-corrected chi connectivity index (χ1v) is 3.04. The molecule has 0 aliphatic heterocycles. The average molecular weight is 143 g/mol. The van der Waals surface area contributed by atoms with Crippen molar-refractivity contribution in [3.8, 4) is 0 Å². The van der Waals surface area contributed by atoms with Gasteiger partial charge >= 0.3 is 0 Å². The van der Waals surface area contributed by atoms with Gasteiger partial charge in [-0.05, 0) is 6.92 Å². The fourth-order valence-corrected chi connectivity index (χ4v) is 0. The van der Waals surface area contributed by atoms with Gasteiger partial charge in [-0.25, -0.2) is 8.42 Å². The van der Waals surface area contributed by atoms with E-state index in [1.165, 1.54) is 0 Å². The fourth-order valence-electron chi connectivity index (χ4n) is 0. The van der Waals surface area contributed by atoms with E-state index in [2.05, 4.69) is 0 Å². The lowest BCUT2D eigenvalue weighted by Gasteiger charge is -2.07. The number of rotatable bonds is 1. The van der Waals surface area contributed by atoms with Crippen molar-refractivity contribution in [3.05, 3.63) is 0 Å². The molecule has 0 saturated heterocycles. The van der Waals surface area contributed by atoms with Crippen LogP contribution in [0.2, 0.25) is 0 Å². The summed E-state index contributed by atoms with van der Waals surface area (Å²) in [5, 5.41) is 7.99. The highest BCUT2D eigenvalue weighted by atomic mass is 32.2. The summed E-state index contributed by atoms with van der Waals surface area (Å²) in [5.74, 6) is 0. The lowest BCUT2D eigenvalue weighted by molar-refractivity contribution is 0.249. The monoisotopic (exact) mass is 143 g/mol. The number of aliphatic hydroxyl groups is 1. The Balaban J connectivity index is 0. The standard InChI is InChI=1S/C2H6O4S.H3N/c1-2(3)7(4,5)6;/h2-3H,1H3,(H,4,5,6);1H3. The Labute approximate surface area is 47.7 Å². The minimum atomic E-state index is -4.44. The van der Waals surface area contributed by atoms with Crippen LogP contribution in [-0.2, 0) is 10.1 Å². The highest BCUT2D eigenvalue weighted by Crippen LogP contribution is 1.87. The summed E-state index contributed by atoms with van der Waals surface area (Å²) in [7, 11) is -4.44. The van der Waals surface area contributed by atoms with Crippen LogP contribution in [0.25, 0.3) is 0 Å². The molecule has 0 saturated carbocycles. The Hall–Kier alpha value is -0.170. The molecule has 1 unspecified atom stereocenters. The van der Waals surface area contributed by atoms with E-state index in [0.717, 1.165) is 6.92 Å². The van der Waals surface area contributed by atoms with Gasteiger partial charge in [-0.15, -0.1) is 0 Å². The fraction of sp³-hybridized carbons (Fsp3) is 1.00. The van der Waals surface area contributed by atoms with E-state index < -0.39 is 15.6 Å². The predicted molar refractivity (Wildman–Crippen MR) is 27.4 cm³/mol. The molecular formula is C2H9NO4S. The maximum Gasteiger partial charge on any atom is 0.140 e. The molecular weight excluding hydrogens is 134 g/mol. The van der Waals surface area contributed by atoms with Crippen LogP contribution in [0.1, 0.15) is 6.92 Å². The summed E-state index contributed by atoms with van der Waals surface area (Å²) >= 11 is 0. The summed E-state index contributed by atoms with van der Waals surface area (Å²) in [4.78, 5) is 0. The minimum Gasteiger partial charge on any atom is -0.746 e. The molecule has 0 heterocycles. The summed E-state index contributed by atoms with van der Waals surface area (Å²) < 4.78 is 28.6. The average Bonchev–Trinajstić information content (AvgIpc) is 1.31. The Morgan fingerprint density at radius 2 is 1.75 bits per heavy atom. The molecule has 6 heteroatoms. The molecule has 0 fully saturated rings. The van der Waals surface area contributed by atoms with Crippen LogP contribution in [0.4, 0.5) is 0 Å². The molecule has 0 aromatic carbocycles. The largest absolute Gasteiger partial charge is 0.746 e. The third-order valence-corrected chi connectivity index (χ3v) is 1.25. The highest BCUT2D eigenvalue weighted by molar-refractivity contribution is 7.86. The first kappa shape index (κ1) is 10.7. The molecule has 0 amide bonds. The quantitative estimate of drug-likeness (QED) is 0.470. The molecule has 1 atom stereocenters. The second kappa shape index (κ2) is 2.98. The molecule has 52 valence electrons. The van der Waals surface area contributed by atoms with Gasteiger partial charge in [0.1, 0.15) is 15.6 Å². The number of hydrogen-bond acceptors (Lipinski definition) is 4. The molecule has 5 nitrogen and oxygen atoms in total. The van der Waals surface area contributed by atoms with Gasteiger partial charge in [-0.1, -0.05) is 0 Å². The van der Waals surface area contributed by atoms with Crippen LogP contribution >= 0.6 is 0 Å². The first-order chi connectivity index (χ1) is 2.94. The van der Waals surface area contributed by atoms with E-state index in [1.807, 2.05) is 0 Å². The molecule has 0 rings (SSSR count). The number of aliphatic hydroxyl groups excluding tert-OH is 1. The molecule has 8 heavy (non-hydrogen) atoms. The van der Waals surface area contributed by atoms with E-state index in [4.69, 9.17) is 5.11 Å². The molecule has 0 aliphatic rings. The van der Waals surface area contributed by atoms with Crippen molar-refractivity contribution in [1.82, 2.24) is 6.15 Å². The summed E-state index contributed by atoms with van der Waals surface area (Å²) in [6.07, 6.45) is 0. The molecule has 0 bridgehead atoms. The summed E-state index contributed by atoms with van der Waals surface area (Å²) in [6, 6.07) is 0. The zero-order valence-corrected chi connectivity index (χ0v) is 5.47. The van der Waals surface area contributed by atoms with Crippen LogP contribution in [0.15, 0.2) is 0 Å². The third-order valence-electron chi connectivity index (χ3n) is 0.418. The van der Waals surface area contributed by atoms with Gasteiger partial charge in [0.2, 0.25) is 0 Å². The molecule has 0 radical (unpaired) electrons. The van der Waals surface area contributed by atoms with Gasteiger partial charge in [0.05, 0.1) is 0 Å². The van der Waals surface area contributed by atoms with E-state index in [0.29, 0.717) is 0 Å². The van der Waals surface area contributed by atoms with Gasteiger partial charge < -0.3 is 15.8 Å². The Kier molecular flexibility index (Phi) is 4.00. The topological polar surface area (TPSA) is 114 Å². The molecule has 0 aromatic rings. The van der Waals surface area contributed by atoms with Crippen LogP contribution in [-0.4, -0.2) is 23.5 Å². The zero-order chi connectivity index (χ0) is 6.08. The van der Waals surface area contributed by atoms with Crippen molar-refractivity contribution in [2.75, 3.05) is 0 Å². The van der Waals surface area contributed by atoms with Crippen molar-refractivity contribution < 1.29 is 18.1 Å². The van der Waals surface area contributed by atoms with Crippen LogP contribution in [0.3, 0.4) is 0 Å². The summed E-state index contributed by atoms with van der Waals surface area (Å²) in [6.45, 7) is 0.905. The van der Waals surface area contributed by atoms with Gasteiger partial charge in [-0.2, -0.15) is 0 Å². The van der Waals surface area contributed by atoms with E-state index in [9.17, 15) is 13.0 Å². The Morgan fingerprint density at radius 1 is 1.62 bits per heavy atom. The van der Waals surface area contributed by atoms with Gasteiger partial charge in [-0.3, -0.25) is 0 Å². The van der Waals surface area contributed by atoms with Crippen LogP contribution in [0, 0.1) is 0 Å². The zero-order valence-electron chi connectivity index (χ0n) is 4.66. The van der Waals surface area contributed by atoms with E-state index in [1.54, 1.807) is 0 Å². The van der Waals surface area contributed by atoms with Crippen molar-refractivity contribution in [2.45, 2.75) is 12.4 Å². The van der Waals surface area contributed by atoms with Gasteiger partial charge in [0, 0.05) is 0 Å². The maximum absolute atomic E-state index is 9.53. The first-order valence-electron chi connectivity index (χ1n) is 1.57. The van der Waals surface area contributed by atoms with E-state index in [-0.39, 0.29) is 6.15 Å². The Morgan fingerprint density at radius 3 is 1.75 bits per heavy atom. The second-order valence-electron chi connectivity index (χ2n) is 1.09. The minimum absolute atomic E-state index is 0. The normalized spacial score (nSPS) is 14.4. The molecule has 0 aliphatic carbocycles. The maximum atomic E-state index is 9.53. The van der Waals surface area contributed by atoms with Crippen molar-refractivity contribution in [1.29, 1.82) is 0 Å². The summed E-state index contributed by atoms with van der Waals surface area (Å²) in [5.41, 5.74) is -1.78. The van der Waals surface area contributed by atoms with E-state index >= 15 is 0 Å². The number of hydrogen-bond donors (Lipinski definition) is 2. The lowest BCUT2D eigenvalue weighted by Crippen LogP contribution is -2.14. The smallest absolute Gasteiger partial charge is 0.140 e. The molecule has 0 aromatic heterocycles. The SMILES string of the molecule is CC(O)S(=O)(=O)[O-].[NH4+]. The van der Waals surface area contributed by atoms with Gasteiger partial charge in [0.15, 0.2) is 0 Å². The second-order valence-corrected chi connectivity index (χ2v) is 2.76. The van der Waals surface area contributed by atoms with Gasteiger partial charge in [0.25, 0.3) is 0 Å². The van der Waals surface area contributed by atoms with Crippen molar-refractivity contribution in [2.24, 2.45) is 0 Å². The molecule has 5 N–H and O–H groups in total. The highest BCUT2D eigenvalue weighted by Gasteiger charge is 2.00. The third kappa shape index (κ3) is 4.00. The van der Waals surface area contributed by atoms with Crippen molar-refractivity contribution in [3.63, 3.8) is 0 Å². The number of quaternary nitrogens is 1. The Bertz CT molecular complexity index is 136. The lowest BCUT2D eigenvalue weighted by atomic mass is 10.9. The van der Waals surface area contributed by atoms with Crippen LogP contribution in [0.5, 0.6) is 0 Å². The predicted octanol–water partition coefficient (Wildman–Crippen LogP) is -0.754. The van der Waals surface area contributed by atoms with Crippen LogP contribution < -0.4 is 6.15 Å². The molecule has 0 spiro atoms. The van der Waals surface area contributed by atoms with Crippen molar-refractivity contribution >= 4 is 10.1 Å².